The number of hydrogen-bond donors (Lipinski definition) is 0. The average molecular weight is 446 g/mol. The van der Waals surface area contributed by atoms with Gasteiger partial charge in [0.15, 0.2) is 0 Å². The first-order chi connectivity index (χ1) is 15.8. The number of benzene rings is 2. The molecule has 0 saturated carbocycles. The topological polar surface area (TPSA) is 78.0 Å². The Labute approximate surface area is 193 Å². The molecule has 3 heterocycles. The zero-order valence-electron chi connectivity index (χ0n) is 19.0. The first-order valence-corrected chi connectivity index (χ1v) is 11.4. The molecular formula is C26H27N3O4. The Morgan fingerprint density at radius 2 is 1.67 bits per heavy atom. The fraction of sp³-hybridized carbons (Fsp3) is 0.385. The van der Waals surface area contributed by atoms with Crippen molar-refractivity contribution in [3.63, 3.8) is 0 Å². The summed E-state index contributed by atoms with van der Waals surface area (Å²) in [6, 6.07) is 16.0. The van der Waals surface area contributed by atoms with E-state index in [0.29, 0.717) is 12.1 Å². The number of imide groups is 1. The highest BCUT2D eigenvalue weighted by Gasteiger charge is 2.73. The summed E-state index contributed by atoms with van der Waals surface area (Å²) in [6.45, 7) is 6.37. The molecule has 0 spiro atoms. The van der Waals surface area contributed by atoms with Crippen molar-refractivity contribution < 1.29 is 19.2 Å². The van der Waals surface area contributed by atoms with Crippen LogP contribution in [0, 0.1) is 18.8 Å². The Balaban J connectivity index is 1.56. The van der Waals surface area contributed by atoms with Crippen molar-refractivity contribution in [2.75, 3.05) is 13.1 Å². The molecule has 0 radical (unpaired) electrons. The van der Waals surface area contributed by atoms with Crippen LogP contribution >= 0.6 is 0 Å². The zero-order valence-corrected chi connectivity index (χ0v) is 19.0. The van der Waals surface area contributed by atoms with Gasteiger partial charge < -0.3 is 9.80 Å². The van der Waals surface area contributed by atoms with Crippen molar-refractivity contribution in [2.24, 2.45) is 11.8 Å². The van der Waals surface area contributed by atoms with E-state index in [1.165, 1.54) is 9.80 Å². The Morgan fingerprint density at radius 1 is 1.00 bits per heavy atom. The zero-order chi connectivity index (χ0) is 23.5. The molecule has 2 bridgehead atoms. The molecule has 4 atom stereocenters. The summed E-state index contributed by atoms with van der Waals surface area (Å²) in [5.74, 6) is -2.84. The third kappa shape index (κ3) is 2.95. The maximum atomic E-state index is 13.7. The van der Waals surface area contributed by atoms with Crippen molar-refractivity contribution in [1.29, 1.82) is 0 Å². The number of likely N-dealkylation sites (tertiary alicyclic amines) is 2. The van der Waals surface area contributed by atoms with Gasteiger partial charge in [-0.2, -0.15) is 0 Å². The summed E-state index contributed by atoms with van der Waals surface area (Å²) >= 11 is 0. The molecule has 3 aliphatic heterocycles. The number of fused-ring (bicyclic) bond motifs is 5. The number of rotatable bonds is 4. The van der Waals surface area contributed by atoms with Gasteiger partial charge in [0.25, 0.3) is 5.91 Å². The number of nitrogens with zero attached hydrogens (tertiary/aromatic N) is 3. The largest absolute Gasteiger partial charge is 0.339 e. The van der Waals surface area contributed by atoms with E-state index < -0.39 is 23.4 Å². The second-order valence-corrected chi connectivity index (χ2v) is 9.35. The van der Waals surface area contributed by atoms with Crippen LogP contribution in [0.2, 0.25) is 0 Å². The SMILES string of the molecule is CCN1C[C@@H]2[C@@H]3C(=O)N(Cc4ccccc4)C(=O)[C@@H]3[C@](C)(C1=O)N2C(=O)c1ccc(C)cc1. The molecule has 0 N–H and O–H groups in total. The van der Waals surface area contributed by atoms with Crippen LogP contribution in [-0.2, 0) is 20.9 Å². The Kier molecular flexibility index (Phi) is 4.88. The average Bonchev–Trinajstić information content (AvgIpc) is 3.19. The first-order valence-electron chi connectivity index (χ1n) is 11.4. The van der Waals surface area contributed by atoms with Gasteiger partial charge in [-0.1, -0.05) is 48.0 Å². The molecule has 0 aliphatic carbocycles. The molecule has 2 aromatic rings. The highest BCUT2D eigenvalue weighted by atomic mass is 16.2. The molecule has 3 saturated heterocycles. The molecule has 170 valence electrons. The molecule has 0 aromatic heterocycles. The minimum atomic E-state index is -1.40. The fourth-order valence-corrected chi connectivity index (χ4v) is 5.84. The Hall–Kier alpha value is -3.48. The van der Waals surface area contributed by atoms with Gasteiger partial charge >= 0.3 is 0 Å². The van der Waals surface area contributed by atoms with E-state index in [-0.39, 0.29) is 36.7 Å². The highest BCUT2D eigenvalue weighted by Crippen LogP contribution is 2.52. The second-order valence-electron chi connectivity index (χ2n) is 9.35. The minimum Gasteiger partial charge on any atom is -0.339 e. The number of hydrogen-bond acceptors (Lipinski definition) is 4. The van der Waals surface area contributed by atoms with E-state index in [0.717, 1.165) is 11.1 Å². The lowest BCUT2D eigenvalue weighted by atomic mass is 9.81. The van der Waals surface area contributed by atoms with Gasteiger partial charge in [-0.25, -0.2) is 0 Å². The third-order valence-electron chi connectivity index (χ3n) is 7.50. The lowest BCUT2D eigenvalue weighted by Crippen LogP contribution is -2.68. The summed E-state index contributed by atoms with van der Waals surface area (Å²) in [6.07, 6.45) is 0. The van der Waals surface area contributed by atoms with Crippen molar-refractivity contribution >= 4 is 23.6 Å². The summed E-state index contributed by atoms with van der Waals surface area (Å²) in [7, 11) is 0. The van der Waals surface area contributed by atoms with Gasteiger partial charge in [-0.3, -0.25) is 24.1 Å². The molecule has 4 amide bonds. The molecule has 5 rings (SSSR count). The highest BCUT2D eigenvalue weighted by molar-refractivity contribution is 6.13. The number of aryl methyl sites for hydroxylation is 1. The fourth-order valence-electron chi connectivity index (χ4n) is 5.84. The van der Waals surface area contributed by atoms with E-state index >= 15 is 0 Å². The smallest absolute Gasteiger partial charge is 0.255 e. The van der Waals surface area contributed by atoms with Crippen molar-refractivity contribution in [2.45, 2.75) is 38.9 Å². The molecule has 3 fully saturated rings. The molecule has 3 aliphatic rings. The normalized spacial score (nSPS) is 28.5. The van der Waals surface area contributed by atoms with Crippen molar-refractivity contribution in [1.82, 2.24) is 14.7 Å². The van der Waals surface area contributed by atoms with E-state index in [9.17, 15) is 19.2 Å². The molecule has 2 aromatic carbocycles. The number of piperazine rings is 1. The number of amides is 4. The maximum absolute atomic E-state index is 13.7. The van der Waals surface area contributed by atoms with Crippen LogP contribution in [0.3, 0.4) is 0 Å². The Bertz CT molecular complexity index is 1150. The summed E-state index contributed by atoms with van der Waals surface area (Å²) in [5.41, 5.74) is 0.926. The van der Waals surface area contributed by atoms with Crippen molar-refractivity contribution in [3.05, 3.63) is 71.3 Å². The monoisotopic (exact) mass is 445 g/mol. The van der Waals surface area contributed by atoms with Crippen LogP contribution in [0.15, 0.2) is 54.6 Å². The quantitative estimate of drug-likeness (QED) is 0.677. The summed E-state index contributed by atoms with van der Waals surface area (Å²) in [5, 5.41) is 0. The van der Waals surface area contributed by atoms with Gasteiger partial charge in [0, 0.05) is 18.7 Å². The van der Waals surface area contributed by atoms with Crippen LogP contribution in [0.4, 0.5) is 0 Å². The van der Waals surface area contributed by atoms with E-state index in [4.69, 9.17) is 0 Å². The number of carbonyl (C=O) groups excluding carboxylic acids is 4. The lowest BCUT2D eigenvalue weighted by molar-refractivity contribution is -0.155. The van der Waals surface area contributed by atoms with Gasteiger partial charge in [0.1, 0.15) is 5.54 Å². The first kappa shape index (κ1) is 21.4. The van der Waals surface area contributed by atoms with E-state index in [1.807, 2.05) is 56.3 Å². The van der Waals surface area contributed by atoms with E-state index in [2.05, 4.69) is 0 Å². The van der Waals surface area contributed by atoms with Gasteiger partial charge in [0.2, 0.25) is 17.7 Å². The molecule has 7 heteroatoms. The summed E-state index contributed by atoms with van der Waals surface area (Å²) < 4.78 is 0. The second kappa shape index (κ2) is 7.54. The predicted molar refractivity (Wildman–Crippen MR) is 121 cm³/mol. The molecule has 33 heavy (non-hydrogen) atoms. The van der Waals surface area contributed by atoms with E-state index in [1.54, 1.807) is 24.0 Å². The maximum Gasteiger partial charge on any atom is 0.255 e. The number of likely N-dealkylation sites (N-methyl/N-ethyl adjacent to an activating group) is 1. The minimum absolute atomic E-state index is 0.173. The van der Waals surface area contributed by atoms with Gasteiger partial charge in [-0.05, 0) is 38.5 Å². The van der Waals surface area contributed by atoms with Gasteiger partial charge in [0.05, 0.1) is 24.4 Å². The van der Waals surface area contributed by atoms with Crippen LogP contribution in [-0.4, -0.2) is 63.0 Å². The van der Waals surface area contributed by atoms with Gasteiger partial charge in [-0.15, -0.1) is 0 Å². The Morgan fingerprint density at radius 3 is 2.30 bits per heavy atom. The summed E-state index contributed by atoms with van der Waals surface area (Å²) in [4.78, 5) is 59.0. The molecule has 7 nitrogen and oxygen atoms in total. The van der Waals surface area contributed by atoms with Crippen LogP contribution in [0.5, 0.6) is 0 Å². The van der Waals surface area contributed by atoms with Crippen LogP contribution < -0.4 is 0 Å². The van der Waals surface area contributed by atoms with Crippen LogP contribution in [0.1, 0.15) is 35.3 Å². The standard InChI is InChI=1S/C26H27N3O4/c1-4-27-15-19-20-21(24(32)28(23(20)31)14-17-8-6-5-7-9-17)26(3,25(27)33)29(19)22(30)18-12-10-16(2)11-13-18/h5-13,19-21H,4,14-15H2,1-3H3/t19-,20+,21-,26-/m1/s1. The predicted octanol–water partition coefficient (Wildman–Crippen LogP) is 2.24. The third-order valence-corrected chi connectivity index (χ3v) is 7.50. The molecule has 0 unspecified atom stereocenters. The molecular weight excluding hydrogens is 418 g/mol. The van der Waals surface area contributed by atoms with Crippen molar-refractivity contribution in [3.8, 4) is 0 Å². The lowest BCUT2D eigenvalue weighted by Gasteiger charge is -2.47. The van der Waals surface area contributed by atoms with Crippen LogP contribution in [0.25, 0.3) is 0 Å². The number of carbonyl (C=O) groups is 4.